The van der Waals surface area contributed by atoms with Crippen LogP contribution in [0.15, 0.2) is 48.5 Å². The number of rotatable bonds is 10. The molecule has 2 heterocycles. The van der Waals surface area contributed by atoms with Gasteiger partial charge in [-0.3, -0.25) is 9.80 Å². The predicted molar refractivity (Wildman–Crippen MR) is 130 cm³/mol. The van der Waals surface area contributed by atoms with Crippen molar-refractivity contribution < 1.29 is 19.7 Å². The summed E-state index contributed by atoms with van der Waals surface area (Å²) < 4.78 is 11.4. The second kappa shape index (κ2) is 12.0. The van der Waals surface area contributed by atoms with Crippen LogP contribution in [0, 0.1) is 34.5 Å². The molecule has 2 aromatic carbocycles. The van der Waals surface area contributed by atoms with Gasteiger partial charge in [-0.15, -0.1) is 0 Å². The monoisotopic (exact) mass is 476 g/mol. The van der Waals surface area contributed by atoms with Crippen molar-refractivity contribution >= 4 is 0 Å². The topological polar surface area (TPSA) is 113 Å². The lowest BCUT2D eigenvalue weighted by atomic mass is 9.84. The number of benzene rings is 2. The van der Waals surface area contributed by atoms with Gasteiger partial charge in [-0.05, 0) is 66.8 Å². The second-order valence-electron chi connectivity index (χ2n) is 9.61. The van der Waals surface area contributed by atoms with Crippen LogP contribution in [0.25, 0.3) is 0 Å². The average molecular weight is 477 g/mol. The maximum absolute atomic E-state index is 10.5. The van der Waals surface area contributed by atoms with Crippen molar-refractivity contribution in [3.05, 3.63) is 59.7 Å². The third kappa shape index (κ3) is 7.42. The lowest BCUT2D eigenvalue weighted by molar-refractivity contribution is -0.0163. The number of fused-ring (bicyclic) bond motifs is 2. The fourth-order valence-electron chi connectivity index (χ4n) is 5.13. The number of piperidine rings is 2. The van der Waals surface area contributed by atoms with Gasteiger partial charge in [-0.2, -0.15) is 10.5 Å². The summed E-state index contributed by atoms with van der Waals surface area (Å²) in [4.78, 5) is 4.65. The first-order valence-corrected chi connectivity index (χ1v) is 12.1. The summed E-state index contributed by atoms with van der Waals surface area (Å²) in [7, 11) is 0. The zero-order valence-electron chi connectivity index (χ0n) is 19.8. The van der Waals surface area contributed by atoms with E-state index in [-0.39, 0.29) is 13.2 Å². The van der Waals surface area contributed by atoms with Gasteiger partial charge in [0, 0.05) is 39.3 Å². The Morgan fingerprint density at radius 1 is 0.714 bits per heavy atom. The number of β-amino-alcohol motifs (C(OH)–C–C–N with tert-alkyl or cyclic N) is 2. The van der Waals surface area contributed by atoms with Crippen LogP contribution in [0.1, 0.15) is 17.5 Å². The molecule has 2 unspecified atom stereocenters. The molecule has 0 saturated carbocycles. The molecule has 0 radical (unpaired) electrons. The van der Waals surface area contributed by atoms with Crippen LogP contribution in [0.3, 0.4) is 0 Å². The van der Waals surface area contributed by atoms with E-state index in [1.807, 2.05) is 0 Å². The minimum atomic E-state index is -0.582. The zero-order chi connectivity index (χ0) is 24.6. The van der Waals surface area contributed by atoms with Gasteiger partial charge in [0.2, 0.25) is 0 Å². The minimum absolute atomic E-state index is 0.218. The van der Waals surface area contributed by atoms with E-state index in [1.165, 1.54) is 6.42 Å². The van der Waals surface area contributed by atoms with E-state index in [0.717, 1.165) is 26.2 Å². The molecule has 0 spiro atoms. The number of likely N-dealkylation sites (tertiary alicyclic amines) is 2. The summed E-state index contributed by atoms with van der Waals surface area (Å²) >= 11 is 0. The summed E-state index contributed by atoms with van der Waals surface area (Å²) in [6.07, 6.45) is 0.0198. The molecule has 2 saturated heterocycles. The van der Waals surface area contributed by atoms with Gasteiger partial charge in [-0.25, -0.2) is 0 Å². The molecule has 35 heavy (non-hydrogen) atoms. The molecule has 4 atom stereocenters. The fraction of sp³-hybridized carbons (Fsp3) is 0.481. The van der Waals surface area contributed by atoms with Gasteiger partial charge >= 0.3 is 0 Å². The van der Waals surface area contributed by atoms with E-state index < -0.39 is 12.2 Å². The van der Waals surface area contributed by atoms with Crippen molar-refractivity contribution in [2.24, 2.45) is 11.8 Å². The normalized spacial score (nSPS) is 21.9. The van der Waals surface area contributed by atoms with Crippen molar-refractivity contribution in [3.63, 3.8) is 0 Å². The van der Waals surface area contributed by atoms with Gasteiger partial charge in [0.05, 0.1) is 23.3 Å². The molecule has 0 amide bonds. The Kier molecular flexibility index (Phi) is 8.57. The molecule has 2 aliphatic rings. The molecule has 0 aliphatic carbocycles. The van der Waals surface area contributed by atoms with Gasteiger partial charge in [0.1, 0.15) is 36.9 Å². The first kappa shape index (κ1) is 25.0. The molecular weight excluding hydrogens is 444 g/mol. The summed E-state index contributed by atoms with van der Waals surface area (Å²) in [5.41, 5.74) is 1.16. The molecule has 184 valence electrons. The number of aliphatic hydroxyl groups excluding tert-OH is 2. The lowest BCUT2D eigenvalue weighted by Gasteiger charge is -2.46. The van der Waals surface area contributed by atoms with Crippen LogP contribution in [0.5, 0.6) is 11.5 Å². The SMILES string of the molecule is N#Cc1ccc(OC[C@@H](O)CN2CC3CC(C2)CN(C[C@@H](O)COc2ccc(C#N)cc2)C3)cc1. The van der Waals surface area contributed by atoms with Crippen LogP contribution in [-0.2, 0) is 0 Å². The van der Waals surface area contributed by atoms with E-state index in [4.69, 9.17) is 20.0 Å². The van der Waals surface area contributed by atoms with E-state index in [2.05, 4.69) is 21.9 Å². The van der Waals surface area contributed by atoms with Crippen LogP contribution >= 0.6 is 0 Å². The van der Waals surface area contributed by atoms with E-state index in [9.17, 15) is 10.2 Å². The molecule has 8 nitrogen and oxygen atoms in total. The number of nitriles is 2. The van der Waals surface area contributed by atoms with Crippen molar-refractivity contribution in [1.82, 2.24) is 9.80 Å². The average Bonchev–Trinajstić information content (AvgIpc) is 2.86. The van der Waals surface area contributed by atoms with Crippen molar-refractivity contribution in [2.45, 2.75) is 18.6 Å². The van der Waals surface area contributed by atoms with E-state index >= 15 is 0 Å². The van der Waals surface area contributed by atoms with Crippen LogP contribution in [0.4, 0.5) is 0 Å². The fourth-order valence-corrected chi connectivity index (χ4v) is 5.13. The Morgan fingerprint density at radius 3 is 1.43 bits per heavy atom. The quantitative estimate of drug-likeness (QED) is 0.534. The maximum atomic E-state index is 10.5. The Labute approximate surface area is 206 Å². The molecule has 2 fully saturated rings. The summed E-state index contributed by atoms with van der Waals surface area (Å²) in [6, 6.07) is 18.0. The Hall–Kier alpha value is -3.14. The number of aliphatic hydroxyl groups is 2. The highest BCUT2D eigenvalue weighted by atomic mass is 16.5. The Balaban J connectivity index is 1.16. The third-order valence-corrected chi connectivity index (χ3v) is 6.52. The number of nitrogens with zero attached hydrogens (tertiary/aromatic N) is 4. The van der Waals surface area contributed by atoms with E-state index in [0.29, 0.717) is 47.6 Å². The predicted octanol–water partition coefficient (Wildman–Crippen LogP) is 1.86. The largest absolute Gasteiger partial charge is 0.491 e. The molecule has 2 aliphatic heterocycles. The van der Waals surface area contributed by atoms with Crippen molar-refractivity contribution in [3.8, 4) is 23.6 Å². The lowest BCUT2D eigenvalue weighted by Crippen LogP contribution is -2.55. The second-order valence-corrected chi connectivity index (χ2v) is 9.61. The standard InChI is InChI=1S/C27H32N4O4/c28-10-20-1-5-26(6-2-20)34-18-24(32)16-30-12-22-9-23(13-30)15-31(14-22)17-25(33)19-35-27-7-3-21(11-29)4-8-27/h1-8,22-25,32-33H,9,12-19H2/t22?,23?,24-,25+. The van der Waals surface area contributed by atoms with Gasteiger partial charge in [0.15, 0.2) is 0 Å². The molecule has 0 aromatic heterocycles. The van der Waals surface area contributed by atoms with Crippen LogP contribution in [-0.4, -0.2) is 84.7 Å². The first-order chi connectivity index (χ1) is 17.0. The molecular formula is C27H32N4O4. The highest BCUT2D eigenvalue weighted by molar-refractivity contribution is 5.35. The molecule has 8 heteroatoms. The van der Waals surface area contributed by atoms with Crippen LogP contribution in [0.2, 0.25) is 0 Å². The zero-order valence-corrected chi connectivity index (χ0v) is 19.8. The van der Waals surface area contributed by atoms with Gasteiger partial charge in [0.25, 0.3) is 0 Å². The minimum Gasteiger partial charge on any atom is -0.491 e. The molecule has 4 rings (SSSR count). The number of hydrogen-bond acceptors (Lipinski definition) is 8. The third-order valence-electron chi connectivity index (χ3n) is 6.52. The Morgan fingerprint density at radius 2 is 1.09 bits per heavy atom. The summed E-state index contributed by atoms with van der Waals surface area (Å²) in [5, 5.41) is 38.7. The van der Waals surface area contributed by atoms with Crippen LogP contribution < -0.4 is 9.47 Å². The maximum Gasteiger partial charge on any atom is 0.119 e. The highest BCUT2D eigenvalue weighted by Crippen LogP contribution is 2.29. The summed E-state index contributed by atoms with van der Waals surface area (Å²) in [6.45, 7) is 5.30. The smallest absolute Gasteiger partial charge is 0.119 e. The first-order valence-electron chi connectivity index (χ1n) is 12.1. The van der Waals surface area contributed by atoms with Crippen molar-refractivity contribution in [2.75, 3.05) is 52.5 Å². The van der Waals surface area contributed by atoms with Crippen molar-refractivity contribution in [1.29, 1.82) is 10.5 Å². The molecule has 2 bridgehead atoms. The number of ether oxygens (including phenoxy) is 2. The molecule has 2 aromatic rings. The van der Waals surface area contributed by atoms with Gasteiger partial charge < -0.3 is 19.7 Å². The number of hydrogen-bond donors (Lipinski definition) is 2. The van der Waals surface area contributed by atoms with Gasteiger partial charge in [-0.1, -0.05) is 0 Å². The highest BCUT2D eigenvalue weighted by Gasteiger charge is 2.35. The summed E-state index contributed by atoms with van der Waals surface area (Å²) in [5.74, 6) is 2.33. The Bertz CT molecular complexity index is 936. The van der Waals surface area contributed by atoms with E-state index in [1.54, 1.807) is 48.5 Å². The molecule has 2 N–H and O–H groups in total.